The van der Waals surface area contributed by atoms with Crippen molar-refractivity contribution in [2.24, 2.45) is 0 Å². The molecule has 0 saturated heterocycles. The van der Waals surface area contributed by atoms with Crippen LogP contribution in [0.5, 0.6) is 17.2 Å². The van der Waals surface area contributed by atoms with Crippen LogP contribution in [0, 0.1) is 0 Å². The predicted molar refractivity (Wildman–Crippen MR) is 124 cm³/mol. The van der Waals surface area contributed by atoms with Gasteiger partial charge in [-0.2, -0.15) is 0 Å². The van der Waals surface area contributed by atoms with Crippen LogP contribution in [0.1, 0.15) is 22.3 Å². The number of hydrogen-bond donors (Lipinski definition) is 3. The fourth-order valence-electron chi connectivity index (χ4n) is 4.30. The third kappa shape index (κ3) is 5.07. The second kappa shape index (κ2) is 8.97. The van der Waals surface area contributed by atoms with E-state index >= 15 is 0 Å². The summed E-state index contributed by atoms with van der Waals surface area (Å²) in [4.78, 5) is 0. The van der Waals surface area contributed by atoms with Gasteiger partial charge >= 0.3 is 0 Å². The molecule has 0 aromatic heterocycles. The second-order valence-electron chi connectivity index (χ2n) is 8.18. The molecule has 31 heavy (non-hydrogen) atoms. The summed E-state index contributed by atoms with van der Waals surface area (Å²) < 4.78 is 0. The lowest BCUT2D eigenvalue weighted by molar-refractivity contribution is 0.413. The molecule has 0 radical (unpaired) electrons. The lowest BCUT2D eigenvalue weighted by atomic mass is 9.68. The Kier molecular flexibility index (Phi) is 5.94. The zero-order chi connectivity index (χ0) is 21.7. The molecule has 156 valence electrons. The van der Waals surface area contributed by atoms with Gasteiger partial charge in [-0.05, 0) is 77.9 Å². The monoisotopic (exact) mass is 410 g/mol. The molecule has 0 atom stereocenters. The summed E-state index contributed by atoms with van der Waals surface area (Å²) in [6, 6.07) is 32.7. The number of aromatic hydroxyl groups is 3. The molecule has 3 heteroatoms. The minimum absolute atomic E-state index is 0.256. The molecule has 0 aliphatic rings. The molecule has 0 spiro atoms. The Bertz CT molecular complexity index is 984. The van der Waals surface area contributed by atoms with Crippen LogP contribution in [0.3, 0.4) is 0 Å². The van der Waals surface area contributed by atoms with E-state index in [-0.39, 0.29) is 22.7 Å². The molecule has 0 aliphatic heterocycles. The molecule has 4 rings (SSSR count). The molecule has 0 fully saturated rings. The largest absolute Gasteiger partial charge is 0.508 e. The number of rotatable bonds is 7. The molecular formula is C28H26O3. The number of hydrogen-bond acceptors (Lipinski definition) is 3. The molecule has 4 aromatic rings. The number of benzene rings is 4. The summed E-state index contributed by atoms with van der Waals surface area (Å²) in [6.07, 6.45) is 2.33. The minimum atomic E-state index is -0.258. The normalized spacial score (nSPS) is 11.4. The van der Waals surface area contributed by atoms with E-state index in [4.69, 9.17) is 0 Å². The molecule has 0 saturated carbocycles. The highest BCUT2D eigenvalue weighted by atomic mass is 16.3. The minimum Gasteiger partial charge on any atom is -0.508 e. The van der Waals surface area contributed by atoms with Crippen molar-refractivity contribution in [2.45, 2.75) is 24.7 Å². The third-order valence-electron chi connectivity index (χ3n) is 5.82. The first kappa shape index (κ1) is 20.5. The first-order chi connectivity index (χ1) is 15.0. The summed E-state index contributed by atoms with van der Waals surface area (Å²) >= 11 is 0. The fourth-order valence-corrected chi connectivity index (χ4v) is 4.30. The fraction of sp³-hybridized carbons (Fsp3) is 0.143. The highest BCUT2D eigenvalue weighted by Crippen LogP contribution is 2.37. The maximum atomic E-state index is 9.75. The highest BCUT2D eigenvalue weighted by molar-refractivity contribution is 5.39. The maximum Gasteiger partial charge on any atom is 0.115 e. The quantitative estimate of drug-likeness (QED) is 0.362. The van der Waals surface area contributed by atoms with Crippen molar-refractivity contribution in [3.63, 3.8) is 0 Å². The van der Waals surface area contributed by atoms with E-state index in [2.05, 4.69) is 24.3 Å². The van der Waals surface area contributed by atoms with Crippen LogP contribution in [0.4, 0.5) is 0 Å². The van der Waals surface area contributed by atoms with Crippen molar-refractivity contribution in [2.75, 3.05) is 0 Å². The first-order valence-corrected chi connectivity index (χ1v) is 10.4. The van der Waals surface area contributed by atoms with Gasteiger partial charge < -0.3 is 15.3 Å². The zero-order valence-electron chi connectivity index (χ0n) is 17.3. The van der Waals surface area contributed by atoms with Crippen LogP contribution in [-0.2, 0) is 24.7 Å². The van der Waals surface area contributed by atoms with E-state index in [1.54, 1.807) is 36.4 Å². The Morgan fingerprint density at radius 1 is 0.419 bits per heavy atom. The molecule has 3 N–H and O–H groups in total. The van der Waals surface area contributed by atoms with E-state index in [1.807, 2.05) is 42.5 Å². The average molecular weight is 411 g/mol. The molecule has 4 aromatic carbocycles. The summed E-state index contributed by atoms with van der Waals surface area (Å²) in [5.41, 5.74) is 4.38. The van der Waals surface area contributed by atoms with Gasteiger partial charge in [-0.3, -0.25) is 0 Å². The summed E-state index contributed by atoms with van der Waals surface area (Å²) in [5.74, 6) is 0.767. The van der Waals surface area contributed by atoms with E-state index in [0.29, 0.717) is 0 Å². The van der Waals surface area contributed by atoms with E-state index < -0.39 is 0 Å². The predicted octanol–water partition coefficient (Wildman–Crippen LogP) is 5.77. The van der Waals surface area contributed by atoms with Crippen LogP contribution in [-0.4, -0.2) is 15.3 Å². The number of phenols is 3. The van der Waals surface area contributed by atoms with Crippen molar-refractivity contribution in [3.8, 4) is 17.2 Å². The van der Waals surface area contributed by atoms with E-state index in [0.717, 1.165) is 36.0 Å². The highest BCUT2D eigenvalue weighted by Gasteiger charge is 2.33. The van der Waals surface area contributed by atoms with Gasteiger partial charge in [-0.15, -0.1) is 0 Å². The van der Waals surface area contributed by atoms with Crippen LogP contribution >= 0.6 is 0 Å². The van der Waals surface area contributed by atoms with Crippen molar-refractivity contribution < 1.29 is 15.3 Å². The van der Waals surface area contributed by atoms with Crippen LogP contribution in [0.25, 0.3) is 0 Å². The van der Waals surface area contributed by atoms with Gasteiger partial charge in [0, 0.05) is 5.41 Å². The summed E-state index contributed by atoms with van der Waals surface area (Å²) in [7, 11) is 0. The third-order valence-corrected chi connectivity index (χ3v) is 5.82. The Morgan fingerprint density at radius 2 is 0.742 bits per heavy atom. The second-order valence-corrected chi connectivity index (χ2v) is 8.18. The zero-order valence-corrected chi connectivity index (χ0v) is 17.3. The Labute approximate surface area is 182 Å². The topological polar surface area (TPSA) is 60.7 Å². The lowest BCUT2D eigenvalue weighted by Gasteiger charge is -2.36. The lowest BCUT2D eigenvalue weighted by Crippen LogP contribution is -2.34. The standard InChI is InChI=1S/C28H26O3/c29-25-12-6-21(7-13-25)18-28(24-4-2-1-3-5-24,19-22-8-14-26(30)15-9-22)20-23-10-16-27(31)17-11-23/h1-17,29-31H,18-20H2. The van der Waals surface area contributed by atoms with Crippen LogP contribution in [0.15, 0.2) is 103 Å². The van der Waals surface area contributed by atoms with Crippen molar-refractivity contribution in [1.29, 1.82) is 0 Å². The van der Waals surface area contributed by atoms with Crippen LogP contribution < -0.4 is 0 Å². The number of phenolic OH excluding ortho intramolecular Hbond substituents is 3. The van der Waals surface area contributed by atoms with Crippen molar-refractivity contribution >= 4 is 0 Å². The van der Waals surface area contributed by atoms with Crippen molar-refractivity contribution in [3.05, 3.63) is 125 Å². The summed E-state index contributed by atoms with van der Waals surface area (Å²) in [6.45, 7) is 0. The molecule has 0 unspecified atom stereocenters. The molecule has 3 nitrogen and oxygen atoms in total. The van der Waals surface area contributed by atoms with Gasteiger partial charge in [0.15, 0.2) is 0 Å². The maximum absolute atomic E-state index is 9.75. The van der Waals surface area contributed by atoms with E-state index in [1.165, 1.54) is 5.56 Å². The van der Waals surface area contributed by atoms with Gasteiger partial charge in [0.25, 0.3) is 0 Å². The molecule has 0 bridgehead atoms. The van der Waals surface area contributed by atoms with E-state index in [9.17, 15) is 15.3 Å². The molecule has 0 aliphatic carbocycles. The van der Waals surface area contributed by atoms with Gasteiger partial charge in [-0.25, -0.2) is 0 Å². The first-order valence-electron chi connectivity index (χ1n) is 10.4. The summed E-state index contributed by atoms with van der Waals surface area (Å²) in [5, 5.41) is 29.2. The Hall–Kier alpha value is -3.72. The van der Waals surface area contributed by atoms with Crippen molar-refractivity contribution in [1.82, 2.24) is 0 Å². The van der Waals surface area contributed by atoms with Gasteiger partial charge in [0.05, 0.1) is 0 Å². The van der Waals surface area contributed by atoms with Gasteiger partial charge in [0.1, 0.15) is 17.2 Å². The van der Waals surface area contributed by atoms with Gasteiger partial charge in [0.2, 0.25) is 0 Å². The SMILES string of the molecule is Oc1ccc(CC(Cc2ccc(O)cc2)(Cc2ccc(O)cc2)c2ccccc2)cc1. The average Bonchev–Trinajstić information content (AvgIpc) is 2.79. The van der Waals surface area contributed by atoms with Gasteiger partial charge in [-0.1, -0.05) is 66.7 Å². The van der Waals surface area contributed by atoms with Crippen LogP contribution in [0.2, 0.25) is 0 Å². The smallest absolute Gasteiger partial charge is 0.115 e. The Balaban J connectivity index is 1.82. The molecule has 0 amide bonds. The molecule has 0 heterocycles. The molecular weight excluding hydrogens is 384 g/mol. The Morgan fingerprint density at radius 3 is 1.06 bits per heavy atom.